The van der Waals surface area contributed by atoms with Gasteiger partial charge in [0.05, 0.1) is 5.92 Å². The quantitative estimate of drug-likeness (QED) is 0.739. The van der Waals surface area contributed by atoms with Crippen molar-refractivity contribution in [2.45, 2.75) is 46.0 Å². The lowest BCUT2D eigenvalue weighted by atomic mass is 9.82. The Bertz CT molecular complexity index is 328. The molecule has 2 N–H and O–H groups in total. The molecular formula is C14H23NO3. The molecule has 0 radical (unpaired) electrons. The summed E-state index contributed by atoms with van der Waals surface area (Å²) in [5.74, 6) is -0.436. The monoisotopic (exact) mass is 253 g/mol. The Morgan fingerprint density at radius 3 is 2.39 bits per heavy atom. The van der Waals surface area contributed by atoms with E-state index in [-0.39, 0.29) is 11.8 Å². The smallest absolute Gasteiger partial charge is 0.306 e. The van der Waals surface area contributed by atoms with Crippen LogP contribution in [0.1, 0.15) is 46.0 Å². The van der Waals surface area contributed by atoms with Crippen molar-refractivity contribution in [3.8, 4) is 0 Å². The minimum absolute atomic E-state index is 0.00259. The molecule has 1 aliphatic carbocycles. The van der Waals surface area contributed by atoms with E-state index in [9.17, 15) is 9.59 Å². The third-order valence-corrected chi connectivity index (χ3v) is 3.62. The van der Waals surface area contributed by atoms with Crippen molar-refractivity contribution in [1.82, 2.24) is 5.32 Å². The number of carboxylic acid groups (broad SMARTS) is 1. The van der Waals surface area contributed by atoms with Gasteiger partial charge in [-0.1, -0.05) is 13.0 Å². The minimum Gasteiger partial charge on any atom is -0.481 e. The summed E-state index contributed by atoms with van der Waals surface area (Å²) in [6, 6.07) is 0. The van der Waals surface area contributed by atoms with Gasteiger partial charge in [0.2, 0.25) is 5.91 Å². The molecule has 0 aromatic heterocycles. The summed E-state index contributed by atoms with van der Waals surface area (Å²) < 4.78 is 0. The summed E-state index contributed by atoms with van der Waals surface area (Å²) in [5, 5.41) is 11.8. The van der Waals surface area contributed by atoms with Crippen LogP contribution < -0.4 is 5.32 Å². The molecule has 102 valence electrons. The van der Waals surface area contributed by atoms with Gasteiger partial charge in [0, 0.05) is 12.1 Å². The Morgan fingerprint density at radius 2 is 1.89 bits per heavy atom. The highest BCUT2D eigenvalue weighted by atomic mass is 16.4. The van der Waals surface area contributed by atoms with Crippen molar-refractivity contribution >= 4 is 11.9 Å². The second kappa shape index (κ2) is 7.19. The van der Waals surface area contributed by atoms with Crippen LogP contribution in [0.2, 0.25) is 0 Å². The largest absolute Gasteiger partial charge is 0.481 e. The molecule has 0 saturated heterocycles. The molecule has 18 heavy (non-hydrogen) atoms. The van der Waals surface area contributed by atoms with Gasteiger partial charge in [0.15, 0.2) is 0 Å². The van der Waals surface area contributed by atoms with E-state index in [0.29, 0.717) is 12.5 Å². The van der Waals surface area contributed by atoms with Crippen molar-refractivity contribution in [3.05, 3.63) is 11.6 Å². The van der Waals surface area contributed by atoms with E-state index in [1.54, 1.807) is 0 Å². The lowest BCUT2D eigenvalue weighted by Gasteiger charge is -2.26. The zero-order valence-corrected chi connectivity index (χ0v) is 11.2. The molecule has 0 unspecified atom stereocenters. The lowest BCUT2D eigenvalue weighted by Crippen LogP contribution is -2.32. The van der Waals surface area contributed by atoms with Crippen LogP contribution in [-0.4, -0.2) is 23.5 Å². The molecule has 1 fully saturated rings. The van der Waals surface area contributed by atoms with Crippen molar-refractivity contribution in [2.75, 3.05) is 6.54 Å². The Labute approximate surface area is 108 Å². The summed E-state index contributed by atoms with van der Waals surface area (Å²) in [7, 11) is 0. The van der Waals surface area contributed by atoms with Gasteiger partial charge in [-0.15, -0.1) is 0 Å². The summed E-state index contributed by atoms with van der Waals surface area (Å²) >= 11 is 0. The number of nitrogens with one attached hydrogen (secondary N) is 1. The fourth-order valence-electron chi connectivity index (χ4n) is 2.39. The molecule has 0 bridgehead atoms. The summed E-state index contributed by atoms with van der Waals surface area (Å²) in [6.07, 6.45) is 6.04. The third kappa shape index (κ3) is 4.51. The molecule has 0 aliphatic heterocycles. The normalized spacial score (nSPS) is 24.7. The number of carbonyl (C=O) groups is 2. The molecule has 0 atom stereocenters. The topological polar surface area (TPSA) is 66.4 Å². The van der Waals surface area contributed by atoms with Gasteiger partial charge in [-0.05, 0) is 44.9 Å². The lowest BCUT2D eigenvalue weighted by molar-refractivity contribution is -0.143. The molecule has 4 heteroatoms. The zero-order valence-electron chi connectivity index (χ0n) is 11.2. The van der Waals surface area contributed by atoms with Gasteiger partial charge in [0.25, 0.3) is 0 Å². The maximum atomic E-state index is 11.7. The van der Waals surface area contributed by atoms with Crippen LogP contribution in [0.4, 0.5) is 0 Å². The standard InChI is InChI=1S/C14H23NO3/c1-3-4-10(2)13(16)15-9-11-5-7-12(8-6-11)14(17)18/h4,11-12H,3,5-9H2,1-2H3,(H,15,16)(H,17,18)/b10-4-. The van der Waals surface area contributed by atoms with Crippen LogP contribution in [0, 0.1) is 11.8 Å². The Balaban J connectivity index is 2.28. The molecule has 4 nitrogen and oxygen atoms in total. The van der Waals surface area contributed by atoms with Gasteiger partial charge in [0.1, 0.15) is 0 Å². The van der Waals surface area contributed by atoms with E-state index >= 15 is 0 Å². The van der Waals surface area contributed by atoms with E-state index in [1.807, 2.05) is 19.9 Å². The number of rotatable bonds is 5. The van der Waals surface area contributed by atoms with Crippen molar-refractivity contribution in [2.24, 2.45) is 11.8 Å². The average Bonchev–Trinajstić information content (AvgIpc) is 2.36. The Kier molecular flexibility index (Phi) is 5.89. The summed E-state index contributed by atoms with van der Waals surface area (Å²) in [6.45, 7) is 4.49. The molecule has 0 aromatic carbocycles. The van der Waals surface area contributed by atoms with Crippen molar-refractivity contribution in [3.63, 3.8) is 0 Å². The molecule has 0 heterocycles. The Morgan fingerprint density at radius 1 is 1.28 bits per heavy atom. The second-order valence-corrected chi connectivity index (χ2v) is 5.06. The van der Waals surface area contributed by atoms with Gasteiger partial charge < -0.3 is 10.4 Å². The number of hydrogen-bond acceptors (Lipinski definition) is 2. The van der Waals surface area contributed by atoms with E-state index < -0.39 is 5.97 Å². The van der Waals surface area contributed by atoms with E-state index in [1.165, 1.54) is 0 Å². The van der Waals surface area contributed by atoms with Crippen LogP contribution in [0.15, 0.2) is 11.6 Å². The number of amides is 1. The first-order valence-corrected chi connectivity index (χ1v) is 6.72. The fraction of sp³-hybridized carbons (Fsp3) is 0.714. The van der Waals surface area contributed by atoms with Crippen LogP contribution in [0.25, 0.3) is 0 Å². The maximum absolute atomic E-state index is 11.7. The maximum Gasteiger partial charge on any atom is 0.306 e. The van der Waals surface area contributed by atoms with Gasteiger partial charge >= 0.3 is 5.97 Å². The summed E-state index contributed by atoms with van der Waals surface area (Å²) in [5.41, 5.74) is 0.761. The number of carboxylic acids is 1. The van der Waals surface area contributed by atoms with Gasteiger partial charge in [-0.2, -0.15) is 0 Å². The summed E-state index contributed by atoms with van der Waals surface area (Å²) in [4.78, 5) is 22.5. The second-order valence-electron chi connectivity index (χ2n) is 5.06. The molecule has 1 saturated carbocycles. The molecule has 1 amide bonds. The van der Waals surface area contributed by atoms with Crippen molar-refractivity contribution < 1.29 is 14.7 Å². The van der Waals surface area contributed by atoms with Gasteiger partial charge in [-0.25, -0.2) is 0 Å². The first-order valence-electron chi connectivity index (χ1n) is 6.72. The molecule has 0 aromatic rings. The highest BCUT2D eigenvalue weighted by molar-refractivity contribution is 5.92. The first kappa shape index (κ1) is 14.7. The number of allylic oxidation sites excluding steroid dienone is 1. The molecule has 1 rings (SSSR count). The Hall–Kier alpha value is -1.32. The van der Waals surface area contributed by atoms with Crippen LogP contribution in [0.5, 0.6) is 0 Å². The zero-order chi connectivity index (χ0) is 13.5. The fourth-order valence-corrected chi connectivity index (χ4v) is 2.39. The number of hydrogen-bond donors (Lipinski definition) is 2. The average molecular weight is 253 g/mol. The highest BCUT2D eigenvalue weighted by Gasteiger charge is 2.25. The molecular weight excluding hydrogens is 230 g/mol. The molecule has 1 aliphatic rings. The van der Waals surface area contributed by atoms with Crippen molar-refractivity contribution in [1.29, 1.82) is 0 Å². The SMILES string of the molecule is CC/C=C(/C)C(=O)NCC1CCC(C(=O)O)CC1. The minimum atomic E-state index is -0.681. The molecule has 0 spiro atoms. The number of aliphatic carboxylic acids is 1. The first-order chi connectivity index (χ1) is 8.54. The van der Waals surface area contributed by atoms with Crippen LogP contribution in [-0.2, 0) is 9.59 Å². The van der Waals surface area contributed by atoms with Gasteiger partial charge in [-0.3, -0.25) is 9.59 Å². The highest BCUT2D eigenvalue weighted by Crippen LogP contribution is 2.28. The van der Waals surface area contributed by atoms with E-state index in [4.69, 9.17) is 5.11 Å². The van der Waals surface area contributed by atoms with E-state index in [0.717, 1.165) is 37.7 Å². The number of carbonyl (C=O) groups excluding carboxylic acids is 1. The van der Waals surface area contributed by atoms with Crippen LogP contribution >= 0.6 is 0 Å². The van der Waals surface area contributed by atoms with E-state index in [2.05, 4.69) is 5.32 Å². The van der Waals surface area contributed by atoms with Crippen LogP contribution in [0.3, 0.4) is 0 Å². The third-order valence-electron chi connectivity index (χ3n) is 3.62. The predicted molar refractivity (Wildman–Crippen MR) is 70.1 cm³/mol. The predicted octanol–water partition coefficient (Wildman–Crippen LogP) is 2.35.